The van der Waals surface area contributed by atoms with Crippen molar-refractivity contribution in [2.45, 2.75) is 10.6 Å². The van der Waals surface area contributed by atoms with Gasteiger partial charge in [-0.25, -0.2) is 0 Å². The van der Waals surface area contributed by atoms with Gasteiger partial charge in [0.25, 0.3) is 0 Å². The van der Waals surface area contributed by atoms with Crippen LogP contribution in [-0.4, -0.2) is 10.2 Å². The highest BCUT2D eigenvalue weighted by molar-refractivity contribution is 9.10. The molecule has 0 amide bonds. The highest BCUT2D eigenvalue weighted by atomic mass is 79.9. The quantitative estimate of drug-likeness (QED) is 0.636. The average molecular weight is 347 g/mol. The van der Waals surface area contributed by atoms with Gasteiger partial charge in [-0.2, -0.15) is 0 Å². The van der Waals surface area contributed by atoms with Gasteiger partial charge in [-0.1, -0.05) is 34.1 Å². The van der Waals surface area contributed by atoms with Crippen LogP contribution in [0.5, 0.6) is 0 Å². The fraction of sp³-hybridized carbons (Fsp3) is 0.0667. The molecule has 20 heavy (non-hydrogen) atoms. The first kappa shape index (κ1) is 13.4. The Kier molecular flexibility index (Phi) is 4.18. The molecule has 100 valence electrons. The van der Waals surface area contributed by atoms with E-state index in [1.54, 1.807) is 11.8 Å². The zero-order chi connectivity index (χ0) is 13.8. The van der Waals surface area contributed by atoms with E-state index >= 15 is 0 Å². The minimum absolute atomic E-state index is 0.567. The van der Waals surface area contributed by atoms with Crippen LogP contribution in [0.15, 0.2) is 68.4 Å². The van der Waals surface area contributed by atoms with Crippen LogP contribution >= 0.6 is 27.7 Å². The highest BCUT2D eigenvalue weighted by Crippen LogP contribution is 2.25. The van der Waals surface area contributed by atoms with Crippen molar-refractivity contribution in [3.63, 3.8) is 0 Å². The van der Waals surface area contributed by atoms with Crippen molar-refractivity contribution in [2.24, 2.45) is 0 Å². The number of rotatable bonds is 4. The Balaban J connectivity index is 1.67. The number of hydrogen-bond donors (Lipinski definition) is 0. The topological polar surface area (TPSA) is 38.9 Å². The number of halogens is 1. The Hall–Kier alpha value is -1.59. The third kappa shape index (κ3) is 3.29. The summed E-state index contributed by atoms with van der Waals surface area (Å²) >= 11 is 5.09. The van der Waals surface area contributed by atoms with Gasteiger partial charge >= 0.3 is 0 Å². The second kappa shape index (κ2) is 6.24. The normalized spacial score (nSPS) is 10.7. The van der Waals surface area contributed by atoms with Crippen LogP contribution in [0, 0.1) is 0 Å². The SMILES string of the molecule is Brc1ccc(SCc2nnc(-c3ccccc3)o2)cc1. The third-order valence-electron chi connectivity index (χ3n) is 2.66. The molecule has 0 aliphatic carbocycles. The van der Waals surface area contributed by atoms with Gasteiger partial charge in [-0.05, 0) is 36.4 Å². The van der Waals surface area contributed by atoms with Crippen LogP contribution in [0.3, 0.4) is 0 Å². The molecule has 0 saturated carbocycles. The van der Waals surface area contributed by atoms with Gasteiger partial charge in [0.05, 0.1) is 5.75 Å². The van der Waals surface area contributed by atoms with Crippen LogP contribution in [0.25, 0.3) is 11.5 Å². The summed E-state index contributed by atoms with van der Waals surface area (Å²) in [5.41, 5.74) is 0.944. The molecule has 5 heteroatoms. The maximum absolute atomic E-state index is 5.66. The van der Waals surface area contributed by atoms with Crippen LogP contribution in [0.4, 0.5) is 0 Å². The van der Waals surface area contributed by atoms with Gasteiger partial charge in [-0.3, -0.25) is 0 Å². The summed E-state index contributed by atoms with van der Waals surface area (Å²) < 4.78 is 6.74. The van der Waals surface area contributed by atoms with Crippen LogP contribution in [-0.2, 0) is 5.75 Å². The molecule has 0 aliphatic rings. The average Bonchev–Trinajstić information content (AvgIpc) is 2.97. The molecule has 0 bridgehead atoms. The molecule has 0 saturated heterocycles. The molecule has 0 radical (unpaired) electrons. The Morgan fingerprint density at radius 1 is 0.950 bits per heavy atom. The first-order valence-corrected chi connectivity index (χ1v) is 7.85. The second-order valence-electron chi connectivity index (χ2n) is 4.11. The number of aromatic nitrogens is 2. The molecular formula is C15H11BrN2OS. The molecule has 0 unspecified atom stereocenters. The van der Waals surface area contributed by atoms with Crippen molar-refractivity contribution in [3.8, 4) is 11.5 Å². The first-order valence-electron chi connectivity index (χ1n) is 6.07. The Morgan fingerprint density at radius 3 is 2.45 bits per heavy atom. The Labute approximate surface area is 129 Å². The fourth-order valence-electron chi connectivity index (χ4n) is 1.69. The number of hydrogen-bond acceptors (Lipinski definition) is 4. The van der Waals surface area contributed by atoms with Gasteiger partial charge in [-0.15, -0.1) is 22.0 Å². The van der Waals surface area contributed by atoms with Crippen molar-refractivity contribution in [1.82, 2.24) is 10.2 Å². The Morgan fingerprint density at radius 2 is 1.70 bits per heavy atom. The molecule has 1 heterocycles. The predicted octanol–water partition coefficient (Wildman–Crippen LogP) is 4.79. The minimum atomic E-state index is 0.567. The maximum Gasteiger partial charge on any atom is 0.247 e. The van der Waals surface area contributed by atoms with Gasteiger partial charge in [0.2, 0.25) is 11.8 Å². The molecule has 0 aliphatic heterocycles. The summed E-state index contributed by atoms with van der Waals surface area (Å²) in [6.07, 6.45) is 0. The number of benzene rings is 2. The molecule has 0 atom stereocenters. The van der Waals surface area contributed by atoms with E-state index in [1.807, 2.05) is 42.5 Å². The zero-order valence-electron chi connectivity index (χ0n) is 10.5. The van der Waals surface area contributed by atoms with E-state index < -0.39 is 0 Å². The van der Waals surface area contributed by atoms with E-state index in [0.29, 0.717) is 17.5 Å². The lowest BCUT2D eigenvalue weighted by Crippen LogP contribution is -1.80. The van der Waals surface area contributed by atoms with E-state index in [4.69, 9.17) is 4.42 Å². The van der Waals surface area contributed by atoms with Crippen molar-refractivity contribution in [2.75, 3.05) is 0 Å². The second-order valence-corrected chi connectivity index (χ2v) is 6.07. The molecule has 2 aromatic carbocycles. The molecule has 0 N–H and O–H groups in total. The summed E-state index contributed by atoms with van der Waals surface area (Å²) in [7, 11) is 0. The molecule has 0 fully saturated rings. The molecular weight excluding hydrogens is 336 g/mol. The Bertz CT molecular complexity index is 683. The van der Waals surface area contributed by atoms with Gasteiger partial charge in [0.15, 0.2) is 0 Å². The molecule has 1 aromatic heterocycles. The van der Waals surface area contributed by atoms with Crippen molar-refractivity contribution >= 4 is 27.7 Å². The monoisotopic (exact) mass is 346 g/mol. The zero-order valence-corrected chi connectivity index (χ0v) is 12.9. The summed E-state index contributed by atoms with van der Waals surface area (Å²) in [4.78, 5) is 1.17. The lowest BCUT2D eigenvalue weighted by Gasteiger charge is -1.98. The van der Waals surface area contributed by atoms with Gasteiger partial charge < -0.3 is 4.42 Å². The van der Waals surface area contributed by atoms with Crippen molar-refractivity contribution in [3.05, 3.63) is 65.0 Å². The van der Waals surface area contributed by atoms with E-state index in [9.17, 15) is 0 Å². The summed E-state index contributed by atoms with van der Waals surface area (Å²) in [5, 5.41) is 8.15. The highest BCUT2D eigenvalue weighted by Gasteiger charge is 2.08. The van der Waals surface area contributed by atoms with Gasteiger partial charge in [0.1, 0.15) is 0 Å². The predicted molar refractivity (Wildman–Crippen MR) is 83.4 cm³/mol. The summed E-state index contributed by atoms with van der Waals surface area (Å²) in [6.45, 7) is 0. The molecule has 3 aromatic rings. The molecule has 0 spiro atoms. The van der Waals surface area contributed by atoms with E-state index in [1.165, 1.54) is 4.90 Å². The van der Waals surface area contributed by atoms with E-state index in [0.717, 1.165) is 10.0 Å². The summed E-state index contributed by atoms with van der Waals surface area (Å²) in [6, 6.07) is 17.9. The molecule has 3 rings (SSSR count). The first-order chi connectivity index (χ1) is 9.81. The van der Waals surface area contributed by atoms with Gasteiger partial charge in [0, 0.05) is 14.9 Å². The number of nitrogens with zero attached hydrogens (tertiary/aromatic N) is 2. The lowest BCUT2D eigenvalue weighted by molar-refractivity contribution is 0.528. The number of thioether (sulfide) groups is 1. The maximum atomic E-state index is 5.66. The standard InChI is InChI=1S/C15H11BrN2OS/c16-12-6-8-13(9-7-12)20-10-14-17-18-15(19-14)11-4-2-1-3-5-11/h1-9H,10H2. The summed E-state index contributed by atoms with van der Waals surface area (Å²) in [5.74, 6) is 1.87. The molecule has 3 nitrogen and oxygen atoms in total. The van der Waals surface area contributed by atoms with Crippen LogP contribution in [0.1, 0.15) is 5.89 Å². The van der Waals surface area contributed by atoms with Crippen molar-refractivity contribution < 1.29 is 4.42 Å². The third-order valence-corrected chi connectivity index (χ3v) is 4.19. The van der Waals surface area contributed by atoms with E-state index in [-0.39, 0.29) is 0 Å². The fourth-order valence-corrected chi connectivity index (χ4v) is 2.68. The lowest BCUT2D eigenvalue weighted by atomic mass is 10.2. The van der Waals surface area contributed by atoms with Crippen LogP contribution < -0.4 is 0 Å². The van der Waals surface area contributed by atoms with Crippen LogP contribution in [0.2, 0.25) is 0 Å². The minimum Gasteiger partial charge on any atom is -0.420 e. The van der Waals surface area contributed by atoms with E-state index in [2.05, 4.69) is 38.3 Å². The van der Waals surface area contributed by atoms with Crippen molar-refractivity contribution in [1.29, 1.82) is 0 Å². The largest absolute Gasteiger partial charge is 0.420 e. The smallest absolute Gasteiger partial charge is 0.247 e.